The van der Waals surface area contributed by atoms with E-state index >= 15 is 0 Å². The van der Waals surface area contributed by atoms with Crippen LogP contribution in [0.15, 0.2) is 0 Å². The summed E-state index contributed by atoms with van der Waals surface area (Å²) in [6.07, 6.45) is 13.4. The molecule has 1 rings (SSSR count). The van der Waals surface area contributed by atoms with Crippen molar-refractivity contribution in [1.29, 1.82) is 0 Å². The lowest BCUT2D eigenvalue weighted by Crippen LogP contribution is -2.44. The summed E-state index contributed by atoms with van der Waals surface area (Å²) in [4.78, 5) is 0. The number of hydrogen-bond donors (Lipinski definition) is 1. The molecular formula is C16H33N. The van der Waals surface area contributed by atoms with E-state index in [-0.39, 0.29) is 5.54 Å². The Morgan fingerprint density at radius 1 is 1.18 bits per heavy atom. The molecule has 17 heavy (non-hydrogen) atoms. The van der Waals surface area contributed by atoms with Gasteiger partial charge in [0.2, 0.25) is 0 Å². The summed E-state index contributed by atoms with van der Waals surface area (Å²) in [6, 6.07) is 0. The third-order valence-electron chi connectivity index (χ3n) is 4.60. The van der Waals surface area contributed by atoms with Gasteiger partial charge in [0.15, 0.2) is 0 Å². The van der Waals surface area contributed by atoms with E-state index in [4.69, 9.17) is 5.73 Å². The minimum absolute atomic E-state index is 0.178. The van der Waals surface area contributed by atoms with E-state index in [1.807, 2.05) is 0 Å². The van der Waals surface area contributed by atoms with Crippen molar-refractivity contribution >= 4 is 0 Å². The molecule has 0 aromatic carbocycles. The van der Waals surface area contributed by atoms with E-state index in [2.05, 4.69) is 20.8 Å². The molecule has 2 N–H and O–H groups in total. The Morgan fingerprint density at radius 2 is 1.82 bits per heavy atom. The minimum Gasteiger partial charge on any atom is -0.325 e. The van der Waals surface area contributed by atoms with Gasteiger partial charge in [0.25, 0.3) is 0 Å². The van der Waals surface area contributed by atoms with E-state index in [0.717, 1.165) is 11.8 Å². The Balaban J connectivity index is 2.28. The first-order valence-corrected chi connectivity index (χ1v) is 7.88. The van der Waals surface area contributed by atoms with Crippen molar-refractivity contribution in [3.05, 3.63) is 0 Å². The molecule has 1 fully saturated rings. The van der Waals surface area contributed by atoms with Crippen LogP contribution in [0.3, 0.4) is 0 Å². The minimum atomic E-state index is 0.178. The quantitative estimate of drug-likeness (QED) is 0.672. The number of hydrogen-bond acceptors (Lipinski definition) is 1. The second-order valence-corrected chi connectivity index (χ2v) is 6.55. The van der Waals surface area contributed by atoms with E-state index in [1.165, 1.54) is 64.2 Å². The molecule has 1 heteroatoms. The number of rotatable bonds is 7. The molecular weight excluding hydrogens is 206 g/mol. The van der Waals surface area contributed by atoms with Gasteiger partial charge in [0.05, 0.1) is 0 Å². The Morgan fingerprint density at radius 3 is 2.35 bits per heavy atom. The summed E-state index contributed by atoms with van der Waals surface area (Å²) in [5.74, 6) is 1.80. The molecule has 0 heterocycles. The lowest BCUT2D eigenvalue weighted by atomic mass is 9.71. The van der Waals surface area contributed by atoms with E-state index in [0.29, 0.717) is 0 Å². The molecule has 1 aliphatic rings. The lowest BCUT2D eigenvalue weighted by molar-refractivity contribution is 0.189. The first kappa shape index (κ1) is 15.0. The maximum absolute atomic E-state index is 6.58. The second-order valence-electron chi connectivity index (χ2n) is 6.55. The average Bonchev–Trinajstić information content (AvgIpc) is 2.28. The van der Waals surface area contributed by atoms with Gasteiger partial charge in [-0.1, -0.05) is 52.9 Å². The highest BCUT2D eigenvalue weighted by Crippen LogP contribution is 2.37. The third-order valence-corrected chi connectivity index (χ3v) is 4.60. The lowest BCUT2D eigenvalue weighted by Gasteiger charge is -2.39. The van der Waals surface area contributed by atoms with Gasteiger partial charge in [-0.25, -0.2) is 0 Å². The molecule has 1 saturated carbocycles. The van der Waals surface area contributed by atoms with Crippen LogP contribution in [0.25, 0.3) is 0 Å². The maximum atomic E-state index is 6.58. The van der Waals surface area contributed by atoms with Crippen molar-refractivity contribution in [2.75, 3.05) is 0 Å². The molecule has 0 amide bonds. The van der Waals surface area contributed by atoms with Crippen LogP contribution in [-0.2, 0) is 0 Å². The summed E-state index contributed by atoms with van der Waals surface area (Å²) in [6.45, 7) is 6.95. The van der Waals surface area contributed by atoms with Crippen LogP contribution in [0.1, 0.15) is 85.0 Å². The summed E-state index contributed by atoms with van der Waals surface area (Å²) < 4.78 is 0. The molecule has 0 radical (unpaired) electrons. The summed E-state index contributed by atoms with van der Waals surface area (Å²) >= 11 is 0. The summed E-state index contributed by atoms with van der Waals surface area (Å²) in [5, 5.41) is 0. The van der Waals surface area contributed by atoms with Crippen LogP contribution in [0.4, 0.5) is 0 Å². The largest absolute Gasteiger partial charge is 0.325 e. The molecule has 1 unspecified atom stereocenters. The van der Waals surface area contributed by atoms with Crippen LogP contribution >= 0.6 is 0 Å². The topological polar surface area (TPSA) is 26.0 Å². The molecule has 0 bridgehead atoms. The van der Waals surface area contributed by atoms with Gasteiger partial charge in [-0.15, -0.1) is 0 Å². The van der Waals surface area contributed by atoms with Gasteiger partial charge in [0.1, 0.15) is 0 Å². The average molecular weight is 239 g/mol. The molecule has 1 nitrogen and oxygen atoms in total. The van der Waals surface area contributed by atoms with Crippen molar-refractivity contribution in [3.63, 3.8) is 0 Å². The fourth-order valence-electron chi connectivity index (χ4n) is 3.53. The van der Waals surface area contributed by atoms with E-state index < -0.39 is 0 Å². The van der Waals surface area contributed by atoms with Crippen LogP contribution in [0.2, 0.25) is 0 Å². The van der Waals surface area contributed by atoms with Crippen LogP contribution in [0, 0.1) is 11.8 Å². The van der Waals surface area contributed by atoms with Crippen molar-refractivity contribution in [3.8, 4) is 0 Å². The Bertz CT molecular complexity index is 192. The zero-order chi connectivity index (χ0) is 12.7. The fraction of sp³-hybridized carbons (Fsp3) is 1.00. The molecule has 0 saturated heterocycles. The smallest absolute Gasteiger partial charge is 0.0157 e. The zero-order valence-electron chi connectivity index (χ0n) is 12.3. The van der Waals surface area contributed by atoms with Crippen molar-refractivity contribution in [1.82, 2.24) is 0 Å². The van der Waals surface area contributed by atoms with Gasteiger partial charge in [-0.2, -0.15) is 0 Å². The monoisotopic (exact) mass is 239 g/mol. The van der Waals surface area contributed by atoms with Gasteiger partial charge < -0.3 is 5.73 Å². The fourth-order valence-corrected chi connectivity index (χ4v) is 3.53. The van der Waals surface area contributed by atoms with Crippen LogP contribution in [0.5, 0.6) is 0 Å². The molecule has 0 aliphatic heterocycles. The summed E-state index contributed by atoms with van der Waals surface area (Å²) in [5.41, 5.74) is 6.76. The molecule has 1 atom stereocenters. The standard InChI is InChI=1S/C16H33N/c1-4-6-8-15-9-11-16(17,12-10-15)13-14(3)7-5-2/h14-15H,4-13,17H2,1-3H3. The van der Waals surface area contributed by atoms with Crippen LogP contribution < -0.4 is 5.73 Å². The maximum Gasteiger partial charge on any atom is 0.0157 e. The van der Waals surface area contributed by atoms with Crippen LogP contribution in [-0.4, -0.2) is 5.54 Å². The van der Waals surface area contributed by atoms with Gasteiger partial charge in [0, 0.05) is 5.54 Å². The first-order valence-electron chi connectivity index (χ1n) is 7.88. The van der Waals surface area contributed by atoms with E-state index in [1.54, 1.807) is 0 Å². The first-order chi connectivity index (χ1) is 8.09. The summed E-state index contributed by atoms with van der Waals surface area (Å²) in [7, 11) is 0. The SMILES string of the molecule is CCCCC1CCC(N)(CC(C)CCC)CC1. The van der Waals surface area contributed by atoms with E-state index in [9.17, 15) is 0 Å². The number of unbranched alkanes of at least 4 members (excludes halogenated alkanes) is 1. The predicted octanol–water partition coefficient (Wildman–Crippen LogP) is 4.89. The molecule has 1 aliphatic carbocycles. The Labute approximate surface area is 109 Å². The highest BCUT2D eigenvalue weighted by Gasteiger charge is 2.32. The third kappa shape index (κ3) is 5.42. The van der Waals surface area contributed by atoms with Gasteiger partial charge >= 0.3 is 0 Å². The Hall–Kier alpha value is -0.0400. The molecule has 0 aromatic rings. The normalized spacial score (nSPS) is 31.4. The highest BCUT2D eigenvalue weighted by molar-refractivity contribution is 4.90. The van der Waals surface area contributed by atoms with Crippen molar-refractivity contribution in [2.24, 2.45) is 17.6 Å². The van der Waals surface area contributed by atoms with Crippen molar-refractivity contribution in [2.45, 2.75) is 90.5 Å². The second kappa shape index (κ2) is 7.41. The van der Waals surface area contributed by atoms with Gasteiger partial charge in [-0.05, 0) is 43.9 Å². The Kier molecular flexibility index (Phi) is 6.54. The molecule has 102 valence electrons. The predicted molar refractivity (Wildman–Crippen MR) is 77.1 cm³/mol. The number of nitrogens with two attached hydrogens (primary N) is 1. The zero-order valence-corrected chi connectivity index (χ0v) is 12.3. The molecule has 0 aromatic heterocycles. The van der Waals surface area contributed by atoms with Crippen molar-refractivity contribution < 1.29 is 0 Å². The highest BCUT2D eigenvalue weighted by atomic mass is 14.7. The molecule has 0 spiro atoms. The van der Waals surface area contributed by atoms with Gasteiger partial charge in [-0.3, -0.25) is 0 Å².